The monoisotopic (exact) mass is 250 g/mol. The molecule has 0 bridgehead atoms. The molecule has 1 aromatic rings. The van der Waals surface area contributed by atoms with Crippen molar-refractivity contribution in [2.45, 2.75) is 24.9 Å². The second-order valence-corrected chi connectivity index (χ2v) is 6.07. The minimum Gasteiger partial charge on any atom is -0.154 e. The van der Waals surface area contributed by atoms with Crippen LogP contribution < -0.4 is 0 Å². The van der Waals surface area contributed by atoms with Crippen LogP contribution in [0, 0.1) is 0 Å². The van der Waals surface area contributed by atoms with Gasteiger partial charge in [0.15, 0.2) is 0 Å². The third kappa shape index (κ3) is 3.63. The van der Waals surface area contributed by atoms with Gasteiger partial charge in [-0.25, -0.2) is 0 Å². The van der Waals surface area contributed by atoms with Gasteiger partial charge < -0.3 is 0 Å². The first kappa shape index (κ1) is 9.62. The summed E-state index contributed by atoms with van der Waals surface area (Å²) < 4.78 is 1.21. The molecule has 0 radical (unpaired) electrons. The van der Waals surface area contributed by atoms with E-state index in [9.17, 15) is 0 Å². The summed E-state index contributed by atoms with van der Waals surface area (Å²) in [7, 11) is 0. The Kier molecular flexibility index (Phi) is 3.96. The molecule has 3 heteroatoms. The Balaban J connectivity index is 2.39. The van der Waals surface area contributed by atoms with Crippen LogP contribution in [0.25, 0.3) is 0 Å². The zero-order valence-corrected chi connectivity index (χ0v) is 9.85. The number of hydrogen-bond acceptors (Lipinski definition) is 2. The number of thioether (sulfide) groups is 1. The highest BCUT2D eigenvalue weighted by Crippen LogP contribution is 2.25. The van der Waals surface area contributed by atoms with Gasteiger partial charge in [0.05, 0.1) is 0 Å². The number of halogens is 1. The Morgan fingerprint density at radius 3 is 2.82 bits per heavy atom. The molecule has 0 aliphatic heterocycles. The zero-order chi connectivity index (χ0) is 8.27. The minimum atomic E-state index is 0.732. The lowest BCUT2D eigenvalue weighted by atomic mass is 10.5. The van der Waals surface area contributed by atoms with Gasteiger partial charge in [0.2, 0.25) is 0 Å². The van der Waals surface area contributed by atoms with E-state index in [2.05, 4.69) is 41.2 Å². The molecule has 1 rings (SSSR count). The highest BCUT2D eigenvalue weighted by Gasteiger charge is 1.99. The van der Waals surface area contributed by atoms with Crippen LogP contribution in [0.2, 0.25) is 0 Å². The van der Waals surface area contributed by atoms with Crippen LogP contribution in [0.3, 0.4) is 0 Å². The molecule has 62 valence electrons. The van der Waals surface area contributed by atoms with Crippen molar-refractivity contribution in [3.8, 4) is 0 Å². The van der Waals surface area contributed by atoms with E-state index < -0.39 is 0 Å². The molecule has 0 spiro atoms. The lowest BCUT2D eigenvalue weighted by molar-refractivity contribution is 1.11. The van der Waals surface area contributed by atoms with Gasteiger partial charge in [-0.05, 0) is 27.2 Å². The summed E-state index contributed by atoms with van der Waals surface area (Å²) in [6, 6.07) is 2.19. The van der Waals surface area contributed by atoms with Crippen LogP contribution in [-0.2, 0) is 5.75 Å². The summed E-state index contributed by atoms with van der Waals surface area (Å²) in [5, 5.41) is 2.87. The van der Waals surface area contributed by atoms with Crippen molar-refractivity contribution in [1.82, 2.24) is 0 Å². The van der Waals surface area contributed by atoms with Crippen LogP contribution >= 0.6 is 39.0 Å². The van der Waals surface area contributed by atoms with Crippen LogP contribution in [0.1, 0.15) is 18.7 Å². The van der Waals surface area contributed by atoms with Crippen LogP contribution in [0.4, 0.5) is 0 Å². The van der Waals surface area contributed by atoms with Gasteiger partial charge in [-0.15, -0.1) is 11.3 Å². The third-order valence-electron chi connectivity index (χ3n) is 1.18. The predicted molar refractivity (Wildman–Crippen MR) is 58.5 cm³/mol. The van der Waals surface area contributed by atoms with E-state index in [1.54, 1.807) is 0 Å². The molecule has 0 aliphatic rings. The van der Waals surface area contributed by atoms with Crippen molar-refractivity contribution in [3.05, 3.63) is 20.8 Å². The molecule has 0 saturated carbocycles. The molecule has 11 heavy (non-hydrogen) atoms. The van der Waals surface area contributed by atoms with E-state index in [1.165, 1.54) is 9.35 Å². The normalized spacial score (nSPS) is 10.9. The average molecular weight is 251 g/mol. The number of thiophene rings is 1. The van der Waals surface area contributed by atoms with E-state index in [4.69, 9.17) is 0 Å². The molecule has 0 atom stereocenters. The van der Waals surface area contributed by atoms with Gasteiger partial charge >= 0.3 is 0 Å². The molecule has 0 fully saturated rings. The molecule has 0 N–H and O–H groups in total. The quantitative estimate of drug-likeness (QED) is 0.777. The van der Waals surface area contributed by atoms with Gasteiger partial charge in [-0.2, -0.15) is 11.8 Å². The molecule has 1 heterocycles. The zero-order valence-electron chi connectivity index (χ0n) is 6.63. The largest absolute Gasteiger partial charge is 0.154 e. The Hall–Kier alpha value is 0.530. The van der Waals surface area contributed by atoms with Crippen LogP contribution in [-0.4, -0.2) is 5.25 Å². The lowest BCUT2D eigenvalue weighted by Crippen LogP contribution is -1.85. The Labute approximate surface area is 84.5 Å². The average Bonchev–Trinajstić information content (AvgIpc) is 2.31. The minimum absolute atomic E-state index is 0.732. The van der Waals surface area contributed by atoms with E-state index in [1.807, 2.05) is 23.1 Å². The molecule has 0 saturated heterocycles. The molecular weight excluding hydrogens is 240 g/mol. The molecule has 0 unspecified atom stereocenters. The van der Waals surface area contributed by atoms with E-state index >= 15 is 0 Å². The fraction of sp³-hybridized carbons (Fsp3) is 0.500. The standard InChI is InChI=1S/C8H11BrS2/c1-6(2)10-5-8-3-7(9)4-11-8/h3-4,6H,5H2,1-2H3. The first-order valence-electron chi connectivity index (χ1n) is 3.53. The summed E-state index contributed by atoms with van der Waals surface area (Å²) >= 11 is 7.25. The Morgan fingerprint density at radius 1 is 1.64 bits per heavy atom. The van der Waals surface area contributed by atoms with E-state index in [-0.39, 0.29) is 0 Å². The predicted octanol–water partition coefficient (Wildman–Crippen LogP) is 4.15. The van der Waals surface area contributed by atoms with Crippen molar-refractivity contribution in [1.29, 1.82) is 0 Å². The molecule has 0 aromatic carbocycles. The summed E-state index contributed by atoms with van der Waals surface area (Å²) in [4.78, 5) is 1.45. The van der Waals surface area contributed by atoms with Crippen molar-refractivity contribution in [2.24, 2.45) is 0 Å². The maximum atomic E-state index is 3.44. The summed E-state index contributed by atoms with van der Waals surface area (Å²) in [6.45, 7) is 4.46. The first-order valence-corrected chi connectivity index (χ1v) is 6.25. The fourth-order valence-electron chi connectivity index (χ4n) is 0.678. The van der Waals surface area contributed by atoms with Crippen molar-refractivity contribution in [2.75, 3.05) is 0 Å². The molecule has 1 aromatic heterocycles. The third-order valence-corrected chi connectivity index (χ3v) is 4.21. The van der Waals surface area contributed by atoms with Gasteiger partial charge in [-0.1, -0.05) is 13.8 Å². The molecule has 0 aliphatic carbocycles. The summed E-state index contributed by atoms with van der Waals surface area (Å²) in [5.41, 5.74) is 0. The van der Waals surface area contributed by atoms with Gasteiger partial charge in [0.1, 0.15) is 0 Å². The second-order valence-electron chi connectivity index (χ2n) is 2.59. The number of rotatable bonds is 3. The maximum absolute atomic E-state index is 3.44. The van der Waals surface area contributed by atoms with E-state index in [0.29, 0.717) is 0 Å². The van der Waals surface area contributed by atoms with Gasteiger partial charge in [-0.3, -0.25) is 0 Å². The maximum Gasteiger partial charge on any atom is 0.0285 e. The van der Waals surface area contributed by atoms with Crippen molar-refractivity contribution < 1.29 is 0 Å². The molecular formula is C8H11BrS2. The summed E-state index contributed by atoms with van der Waals surface area (Å²) in [5.74, 6) is 1.15. The smallest absolute Gasteiger partial charge is 0.0285 e. The van der Waals surface area contributed by atoms with Crippen LogP contribution in [0.5, 0.6) is 0 Å². The van der Waals surface area contributed by atoms with E-state index in [0.717, 1.165) is 11.0 Å². The molecule has 0 nitrogen and oxygen atoms in total. The first-order chi connectivity index (χ1) is 5.18. The number of hydrogen-bond donors (Lipinski definition) is 0. The summed E-state index contributed by atoms with van der Waals surface area (Å²) in [6.07, 6.45) is 0. The van der Waals surface area contributed by atoms with Crippen molar-refractivity contribution in [3.63, 3.8) is 0 Å². The highest BCUT2D eigenvalue weighted by atomic mass is 79.9. The SMILES string of the molecule is CC(C)SCc1cc(Br)cs1. The lowest BCUT2D eigenvalue weighted by Gasteiger charge is -2.00. The second kappa shape index (κ2) is 4.53. The highest BCUT2D eigenvalue weighted by molar-refractivity contribution is 9.10. The fourth-order valence-corrected chi connectivity index (χ4v) is 2.97. The van der Waals surface area contributed by atoms with Crippen molar-refractivity contribution >= 4 is 39.0 Å². The topological polar surface area (TPSA) is 0 Å². The van der Waals surface area contributed by atoms with Crippen LogP contribution in [0.15, 0.2) is 15.9 Å². The van der Waals surface area contributed by atoms with Gasteiger partial charge in [0, 0.05) is 20.5 Å². The Bertz CT molecular complexity index is 218. The Morgan fingerprint density at radius 2 is 2.36 bits per heavy atom. The van der Waals surface area contributed by atoms with Gasteiger partial charge in [0.25, 0.3) is 0 Å². The molecule has 0 amide bonds.